The van der Waals surface area contributed by atoms with Crippen molar-refractivity contribution in [3.8, 4) is 17.2 Å². The predicted molar refractivity (Wildman–Crippen MR) is 109 cm³/mol. The molecule has 7 heteroatoms. The molecule has 3 heterocycles. The van der Waals surface area contributed by atoms with Crippen LogP contribution in [-0.4, -0.2) is 67.1 Å². The summed E-state index contributed by atoms with van der Waals surface area (Å²) in [6, 6.07) is 15.0. The zero-order valence-electron chi connectivity index (χ0n) is 16.5. The number of hydrogen-bond donors (Lipinski definition) is 0. The Morgan fingerprint density at radius 2 is 1.47 bits per heavy atom. The molecular formula is C23H22N2O5. The second-order valence-corrected chi connectivity index (χ2v) is 7.48. The molecule has 154 valence electrons. The first kappa shape index (κ1) is 18.5. The quantitative estimate of drug-likeness (QED) is 0.763. The number of nitrogens with zero attached hydrogens (tertiary/aromatic N) is 2. The van der Waals surface area contributed by atoms with Gasteiger partial charge in [-0.15, -0.1) is 0 Å². The first-order chi connectivity index (χ1) is 14.7. The van der Waals surface area contributed by atoms with Gasteiger partial charge in [-0.3, -0.25) is 9.59 Å². The molecular weight excluding hydrogens is 384 g/mol. The summed E-state index contributed by atoms with van der Waals surface area (Å²) < 4.78 is 17.2. The van der Waals surface area contributed by atoms with E-state index < -0.39 is 6.10 Å². The molecule has 5 rings (SSSR count). The lowest BCUT2D eigenvalue weighted by molar-refractivity contribution is -0.145. The fraction of sp³-hybridized carbons (Fsp3) is 0.304. The van der Waals surface area contributed by atoms with Crippen LogP contribution in [0.4, 0.5) is 0 Å². The van der Waals surface area contributed by atoms with Crippen molar-refractivity contribution in [2.75, 3.05) is 39.4 Å². The maximum Gasteiger partial charge on any atom is 0.267 e. The summed E-state index contributed by atoms with van der Waals surface area (Å²) in [6.45, 7) is 2.36. The lowest BCUT2D eigenvalue weighted by Gasteiger charge is -2.37. The van der Waals surface area contributed by atoms with Gasteiger partial charge in [-0.1, -0.05) is 30.3 Å². The Morgan fingerprint density at radius 3 is 2.27 bits per heavy atom. The largest absolute Gasteiger partial charge is 0.488 e. The normalized spacial score (nSPS) is 20.0. The summed E-state index contributed by atoms with van der Waals surface area (Å²) in [5, 5.41) is 0. The van der Waals surface area contributed by atoms with Crippen LogP contribution in [0.15, 0.2) is 54.1 Å². The molecule has 2 amide bonds. The van der Waals surface area contributed by atoms with Crippen LogP contribution < -0.4 is 14.2 Å². The van der Waals surface area contributed by atoms with Gasteiger partial charge in [0.25, 0.3) is 11.8 Å². The molecule has 3 aliphatic rings. The van der Waals surface area contributed by atoms with E-state index in [1.54, 1.807) is 15.9 Å². The lowest BCUT2D eigenvalue weighted by Crippen LogP contribution is -2.55. The highest BCUT2D eigenvalue weighted by atomic mass is 16.6. The van der Waals surface area contributed by atoms with E-state index in [1.165, 1.54) is 0 Å². The van der Waals surface area contributed by atoms with Crippen LogP contribution in [0.25, 0.3) is 6.08 Å². The predicted octanol–water partition coefficient (Wildman–Crippen LogP) is 1.97. The maximum absolute atomic E-state index is 12.9. The van der Waals surface area contributed by atoms with Crippen molar-refractivity contribution in [3.63, 3.8) is 0 Å². The second kappa shape index (κ2) is 7.74. The highest BCUT2D eigenvalue weighted by Gasteiger charge is 2.34. The Bertz CT molecular complexity index is 1010. The molecule has 1 atom stereocenters. The monoisotopic (exact) mass is 406 g/mol. The van der Waals surface area contributed by atoms with Crippen molar-refractivity contribution < 1.29 is 23.8 Å². The van der Waals surface area contributed by atoms with Gasteiger partial charge in [-0.25, -0.2) is 0 Å². The fourth-order valence-electron chi connectivity index (χ4n) is 3.92. The molecule has 0 aromatic heterocycles. The van der Waals surface area contributed by atoms with Gasteiger partial charge in [0.2, 0.25) is 6.10 Å². The molecule has 30 heavy (non-hydrogen) atoms. The number of para-hydroxylation sites is 3. The zero-order chi connectivity index (χ0) is 20.5. The van der Waals surface area contributed by atoms with E-state index in [9.17, 15) is 9.59 Å². The smallest absolute Gasteiger partial charge is 0.267 e. The van der Waals surface area contributed by atoms with E-state index in [4.69, 9.17) is 14.2 Å². The highest BCUT2D eigenvalue weighted by molar-refractivity contribution is 5.99. The molecule has 0 aliphatic carbocycles. The van der Waals surface area contributed by atoms with Gasteiger partial charge in [0.15, 0.2) is 11.5 Å². The molecule has 0 saturated carbocycles. The molecule has 0 N–H and O–H groups in total. The standard InChI is InChI=1S/C23H22N2O5/c26-22(17-13-16-5-1-2-6-18(16)28-14-17)24-9-11-25(12-10-24)23(27)21-15-29-19-7-3-4-8-20(19)30-21/h1-8,13,21H,9-12,14-15H2/t21-/m1/s1. The van der Waals surface area contributed by atoms with Crippen LogP contribution in [0.5, 0.6) is 17.2 Å². The summed E-state index contributed by atoms with van der Waals surface area (Å²) in [5.41, 5.74) is 1.55. The lowest BCUT2D eigenvalue weighted by atomic mass is 10.1. The number of amides is 2. The minimum atomic E-state index is -0.659. The van der Waals surface area contributed by atoms with Gasteiger partial charge >= 0.3 is 0 Å². The minimum Gasteiger partial charge on any atom is -0.488 e. The van der Waals surface area contributed by atoms with Gasteiger partial charge < -0.3 is 24.0 Å². The Hall–Kier alpha value is -3.48. The van der Waals surface area contributed by atoms with Crippen molar-refractivity contribution in [2.24, 2.45) is 0 Å². The summed E-state index contributed by atoms with van der Waals surface area (Å²) in [6.07, 6.45) is 1.23. The van der Waals surface area contributed by atoms with E-state index in [0.717, 1.165) is 11.3 Å². The van der Waals surface area contributed by atoms with Crippen molar-refractivity contribution in [1.29, 1.82) is 0 Å². The number of piperazine rings is 1. The van der Waals surface area contributed by atoms with E-state index >= 15 is 0 Å². The van der Waals surface area contributed by atoms with Crippen LogP contribution in [0.1, 0.15) is 5.56 Å². The molecule has 2 aromatic carbocycles. The first-order valence-corrected chi connectivity index (χ1v) is 10.1. The van der Waals surface area contributed by atoms with E-state index in [0.29, 0.717) is 43.3 Å². The SMILES string of the molecule is O=C(C1=Cc2ccccc2OC1)N1CCN(C(=O)[C@H]2COc3ccccc3O2)CC1. The molecule has 0 bridgehead atoms. The average molecular weight is 406 g/mol. The molecule has 0 unspecified atom stereocenters. The van der Waals surface area contributed by atoms with Gasteiger partial charge in [0, 0.05) is 31.7 Å². The van der Waals surface area contributed by atoms with Crippen LogP contribution >= 0.6 is 0 Å². The number of carbonyl (C=O) groups excluding carboxylic acids is 2. The van der Waals surface area contributed by atoms with E-state index in [1.807, 2.05) is 48.5 Å². The Labute approximate surface area is 174 Å². The third-order valence-corrected chi connectivity index (χ3v) is 5.57. The van der Waals surface area contributed by atoms with Gasteiger partial charge in [0.05, 0.1) is 5.57 Å². The van der Waals surface area contributed by atoms with Crippen LogP contribution in [0.2, 0.25) is 0 Å². The number of ether oxygens (including phenoxy) is 3. The molecule has 3 aliphatic heterocycles. The molecule has 0 radical (unpaired) electrons. The Morgan fingerprint density at radius 1 is 0.800 bits per heavy atom. The molecule has 2 aromatic rings. The van der Waals surface area contributed by atoms with Crippen LogP contribution in [0, 0.1) is 0 Å². The minimum absolute atomic E-state index is 0.0391. The summed E-state index contributed by atoms with van der Waals surface area (Å²) in [7, 11) is 0. The second-order valence-electron chi connectivity index (χ2n) is 7.48. The van der Waals surface area contributed by atoms with E-state index in [2.05, 4.69) is 0 Å². The van der Waals surface area contributed by atoms with Crippen molar-refractivity contribution in [3.05, 3.63) is 59.7 Å². The topological polar surface area (TPSA) is 68.3 Å². The third kappa shape index (κ3) is 3.47. The average Bonchev–Trinajstić information content (AvgIpc) is 2.82. The number of fused-ring (bicyclic) bond motifs is 2. The zero-order valence-corrected chi connectivity index (χ0v) is 16.5. The summed E-state index contributed by atoms with van der Waals surface area (Å²) >= 11 is 0. The fourth-order valence-corrected chi connectivity index (χ4v) is 3.92. The van der Waals surface area contributed by atoms with Crippen molar-refractivity contribution >= 4 is 17.9 Å². The molecule has 1 fully saturated rings. The Balaban J connectivity index is 1.19. The molecule has 1 saturated heterocycles. The van der Waals surface area contributed by atoms with Crippen LogP contribution in [-0.2, 0) is 9.59 Å². The number of benzene rings is 2. The van der Waals surface area contributed by atoms with E-state index in [-0.39, 0.29) is 25.0 Å². The highest BCUT2D eigenvalue weighted by Crippen LogP contribution is 2.31. The third-order valence-electron chi connectivity index (χ3n) is 5.57. The van der Waals surface area contributed by atoms with Gasteiger partial charge in [0.1, 0.15) is 19.0 Å². The Kier molecular flexibility index (Phi) is 4.78. The summed E-state index contributed by atoms with van der Waals surface area (Å²) in [5.74, 6) is 1.89. The van der Waals surface area contributed by atoms with Crippen molar-refractivity contribution in [1.82, 2.24) is 9.80 Å². The maximum atomic E-state index is 12.9. The number of hydrogen-bond acceptors (Lipinski definition) is 5. The first-order valence-electron chi connectivity index (χ1n) is 10.1. The van der Waals surface area contributed by atoms with Crippen LogP contribution in [0.3, 0.4) is 0 Å². The molecule has 0 spiro atoms. The summed E-state index contributed by atoms with van der Waals surface area (Å²) in [4.78, 5) is 29.3. The number of carbonyl (C=O) groups is 2. The van der Waals surface area contributed by atoms with Gasteiger partial charge in [-0.2, -0.15) is 0 Å². The van der Waals surface area contributed by atoms with Gasteiger partial charge in [-0.05, 0) is 24.3 Å². The molecule has 7 nitrogen and oxygen atoms in total. The van der Waals surface area contributed by atoms with Crippen molar-refractivity contribution in [2.45, 2.75) is 6.10 Å². The number of rotatable bonds is 2.